The van der Waals surface area contributed by atoms with E-state index in [0.717, 1.165) is 22.2 Å². The largest absolute Gasteiger partial charge is 0.372 e. The molecule has 2 aromatic carbocycles. The molecule has 9 nitrogen and oxygen atoms in total. The van der Waals surface area contributed by atoms with Gasteiger partial charge in [0.2, 0.25) is 0 Å². The van der Waals surface area contributed by atoms with Gasteiger partial charge in [-0.15, -0.1) is 0 Å². The Kier molecular flexibility index (Phi) is 7.16. The fourth-order valence-electron chi connectivity index (χ4n) is 2.98. The molecule has 166 valence electrons. The minimum Gasteiger partial charge on any atom is -0.372 e. The minimum atomic E-state index is -0.556. The summed E-state index contributed by atoms with van der Waals surface area (Å²) in [6.45, 7) is -0.0133. The second-order valence-electron chi connectivity index (χ2n) is 7.00. The fraction of sp³-hybridized carbons (Fsp3) is 0.190. The first kappa shape index (κ1) is 23.3. The fourth-order valence-corrected chi connectivity index (χ4v) is 3.97. The van der Waals surface area contributed by atoms with Crippen LogP contribution in [-0.2, 0) is 4.79 Å². The molecule has 0 bridgehead atoms. The maximum atomic E-state index is 12.6. The molecule has 3 amide bonds. The number of rotatable bonds is 7. The summed E-state index contributed by atoms with van der Waals surface area (Å²) in [6.07, 6.45) is 1.60. The number of carbonyl (C=O) groups is 3. The first-order chi connectivity index (χ1) is 15.2. The highest BCUT2D eigenvalue weighted by Crippen LogP contribution is 2.32. The van der Waals surface area contributed by atoms with Gasteiger partial charge >= 0.3 is 0 Å². The average molecular weight is 475 g/mol. The zero-order valence-corrected chi connectivity index (χ0v) is 18.8. The first-order valence-electron chi connectivity index (χ1n) is 9.42. The Morgan fingerprint density at radius 2 is 1.91 bits per heavy atom. The van der Waals surface area contributed by atoms with Gasteiger partial charge in [0, 0.05) is 43.8 Å². The number of anilines is 1. The normalized spacial score (nSPS) is 14.7. The average Bonchev–Trinajstić information content (AvgIpc) is 3.02. The number of carbonyl (C=O) groups excluding carboxylic acids is 3. The Labute approximate surface area is 193 Å². The summed E-state index contributed by atoms with van der Waals surface area (Å²) in [4.78, 5) is 50.8. The SMILES string of the molecule is CN(C)c1ccc(C(=O)NCCN2C(=O)S/C(=C\c3ccc(Cl)cc3)C2=O)cc1[N+](=O)[O-]. The van der Waals surface area contributed by atoms with Gasteiger partial charge < -0.3 is 10.2 Å². The molecule has 32 heavy (non-hydrogen) atoms. The van der Waals surface area contributed by atoms with Crippen LogP contribution in [0.2, 0.25) is 5.02 Å². The van der Waals surface area contributed by atoms with E-state index in [1.807, 2.05) is 0 Å². The van der Waals surface area contributed by atoms with Crippen molar-refractivity contribution in [3.8, 4) is 0 Å². The highest BCUT2D eigenvalue weighted by Gasteiger charge is 2.34. The molecule has 0 radical (unpaired) electrons. The number of thioether (sulfide) groups is 1. The molecule has 1 heterocycles. The van der Waals surface area contributed by atoms with Crippen LogP contribution in [0, 0.1) is 10.1 Å². The Balaban J connectivity index is 1.62. The third-order valence-corrected chi connectivity index (χ3v) is 5.74. The van der Waals surface area contributed by atoms with Crippen molar-refractivity contribution in [1.82, 2.24) is 10.2 Å². The number of nitro benzene ring substituents is 1. The molecule has 0 saturated carbocycles. The van der Waals surface area contributed by atoms with Gasteiger partial charge in [-0.05, 0) is 47.7 Å². The van der Waals surface area contributed by atoms with Crippen molar-refractivity contribution >= 4 is 57.9 Å². The van der Waals surface area contributed by atoms with Gasteiger partial charge in [-0.1, -0.05) is 23.7 Å². The van der Waals surface area contributed by atoms with Crippen LogP contribution < -0.4 is 10.2 Å². The highest BCUT2D eigenvalue weighted by atomic mass is 35.5. The van der Waals surface area contributed by atoms with Crippen molar-refractivity contribution in [2.24, 2.45) is 0 Å². The van der Waals surface area contributed by atoms with Gasteiger partial charge in [0.15, 0.2) is 0 Å². The van der Waals surface area contributed by atoms with Crippen molar-refractivity contribution in [2.75, 3.05) is 32.1 Å². The summed E-state index contributed by atoms with van der Waals surface area (Å²) in [6, 6.07) is 11.0. The monoisotopic (exact) mass is 474 g/mol. The Bertz CT molecular complexity index is 1120. The molecular formula is C21H19ClN4O5S. The number of hydrogen-bond acceptors (Lipinski definition) is 7. The third-order valence-electron chi connectivity index (χ3n) is 4.58. The van der Waals surface area contributed by atoms with E-state index in [4.69, 9.17) is 11.6 Å². The minimum absolute atomic E-state index is 0.00826. The molecular weight excluding hydrogens is 456 g/mol. The van der Waals surface area contributed by atoms with Crippen molar-refractivity contribution in [3.05, 3.63) is 73.6 Å². The highest BCUT2D eigenvalue weighted by molar-refractivity contribution is 8.18. The summed E-state index contributed by atoms with van der Waals surface area (Å²) in [5.41, 5.74) is 1.02. The quantitative estimate of drug-likeness (QED) is 0.369. The number of nitrogens with zero attached hydrogens (tertiary/aromatic N) is 3. The van der Waals surface area contributed by atoms with Crippen LogP contribution in [0.4, 0.5) is 16.2 Å². The first-order valence-corrected chi connectivity index (χ1v) is 10.6. The Morgan fingerprint density at radius 3 is 2.53 bits per heavy atom. The van der Waals surface area contributed by atoms with Crippen molar-refractivity contribution in [2.45, 2.75) is 0 Å². The van der Waals surface area contributed by atoms with E-state index in [2.05, 4.69) is 5.32 Å². The molecule has 0 spiro atoms. The van der Waals surface area contributed by atoms with Gasteiger partial charge in [0.1, 0.15) is 5.69 Å². The van der Waals surface area contributed by atoms with Crippen LogP contribution in [0.1, 0.15) is 15.9 Å². The number of amides is 3. The number of nitro groups is 1. The van der Waals surface area contributed by atoms with Crippen LogP contribution in [0.15, 0.2) is 47.4 Å². The lowest BCUT2D eigenvalue weighted by atomic mass is 10.1. The maximum absolute atomic E-state index is 12.6. The zero-order chi connectivity index (χ0) is 23.4. The van der Waals surface area contributed by atoms with Gasteiger partial charge in [0.05, 0.1) is 9.83 Å². The lowest BCUT2D eigenvalue weighted by Crippen LogP contribution is -2.37. The summed E-state index contributed by atoms with van der Waals surface area (Å²) >= 11 is 6.67. The molecule has 3 rings (SSSR count). The van der Waals surface area contributed by atoms with Crippen molar-refractivity contribution in [3.63, 3.8) is 0 Å². The zero-order valence-electron chi connectivity index (χ0n) is 17.2. The standard InChI is InChI=1S/C21H19ClN4O5S/c1-24(2)16-8-5-14(12-17(16)26(30)31)19(27)23-9-10-25-20(28)18(32-21(25)29)11-13-3-6-15(22)7-4-13/h3-8,11-12H,9-10H2,1-2H3,(H,23,27)/b18-11-. The van der Waals surface area contributed by atoms with E-state index in [-0.39, 0.29) is 29.2 Å². The van der Waals surface area contributed by atoms with Crippen molar-refractivity contribution < 1.29 is 19.3 Å². The second kappa shape index (κ2) is 9.84. The number of hydrogen-bond donors (Lipinski definition) is 1. The number of benzene rings is 2. The Morgan fingerprint density at radius 1 is 1.22 bits per heavy atom. The van der Waals surface area contributed by atoms with Gasteiger partial charge in [-0.25, -0.2) is 0 Å². The van der Waals surface area contributed by atoms with E-state index in [1.165, 1.54) is 18.2 Å². The topological polar surface area (TPSA) is 113 Å². The van der Waals surface area contributed by atoms with Gasteiger partial charge in [0.25, 0.3) is 22.7 Å². The molecule has 1 aliphatic heterocycles. The second-order valence-corrected chi connectivity index (χ2v) is 8.43. The molecule has 1 N–H and O–H groups in total. The van der Waals surface area contributed by atoms with Crippen LogP contribution >= 0.6 is 23.4 Å². The van der Waals surface area contributed by atoms with E-state index in [1.54, 1.807) is 49.3 Å². The molecule has 1 fully saturated rings. The molecule has 0 atom stereocenters. The molecule has 0 aromatic heterocycles. The predicted molar refractivity (Wildman–Crippen MR) is 124 cm³/mol. The predicted octanol–water partition coefficient (Wildman–Crippen LogP) is 3.78. The lowest BCUT2D eigenvalue weighted by Gasteiger charge is -2.14. The molecule has 0 unspecified atom stereocenters. The summed E-state index contributed by atoms with van der Waals surface area (Å²) in [7, 11) is 3.33. The molecule has 0 aliphatic carbocycles. The smallest absolute Gasteiger partial charge is 0.293 e. The summed E-state index contributed by atoms with van der Waals surface area (Å²) in [5, 5.41) is 14.0. The van der Waals surface area contributed by atoms with E-state index < -0.39 is 22.0 Å². The molecule has 1 aliphatic rings. The van der Waals surface area contributed by atoms with Crippen LogP contribution in [0.25, 0.3) is 6.08 Å². The maximum Gasteiger partial charge on any atom is 0.293 e. The number of halogens is 1. The van der Waals surface area contributed by atoms with Gasteiger partial charge in [-0.3, -0.25) is 29.4 Å². The number of imide groups is 1. The van der Waals surface area contributed by atoms with E-state index in [9.17, 15) is 24.5 Å². The number of nitrogens with one attached hydrogen (secondary N) is 1. The van der Waals surface area contributed by atoms with E-state index >= 15 is 0 Å². The van der Waals surface area contributed by atoms with Crippen molar-refractivity contribution in [1.29, 1.82) is 0 Å². The van der Waals surface area contributed by atoms with Crippen LogP contribution in [-0.4, -0.2) is 54.1 Å². The molecule has 1 saturated heterocycles. The van der Waals surface area contributed by atoms with Crippen LogP contribution in [0.5, 0.6) is 0 Å². The third kappa shape index (κ3) is 5.27. The Hall–Kier alpha value is -3.37. The molecule has 2 aromatic rings. The molecule has 11 heteroatoms. The summed E-state index contributed by atoms with van der Waals surface area (Å²) in [5.74, 6) is -0.989. The van der Waals surface area contributed by atoms with E-state index in [0.29, 0.717) is 10.7 Å². The van der Waals surface area contributed by atoms with Gasteiger partial charge in [-0.2, -0.15) is 0 Å². The summed E-state index contributed by atoms with van der Waals surface area (Å²) < 4.78 is 0. The lowest BCUT2D eigenvalue weighted by molar-refractivity contribution is -0.384. The van der Waals surface area contributed by atoms with Crippen LogP contribution in [0.3, 0.4) is 0 Å².